The number of halogens is 2. The summed E-state index contributed by atoms with van der Waals surface area (Å²) in [5, 5.41) is 7.15. The molecule has 1 aromatic heterocycles. The van der Waals surface area contributed by atoms with Crippen molar-refractivity contribution in [2.45, 2.75) is 46.5 Å². The summed E-state index contributed by atoms with van der Waals surface area (Å²) in [7, 11) is 0. The molecular formula is C25H25Cl2N3O2. The summed E-state index contributed by atoms with van der Waals surface area (Å²) < 4.78 is 0. The molecule has 0 saturated heterocycles. The van der Waals surface area contributed by atoms with Gasteiger partial charge in [-0.2, -0.15) is 0 Å². The van der Waals surface area contributed by atoms with E-state index in [2.05, 4.69) is 29.5 Å². The van der Waals surface area contributed by atoms with E-state index in [0.29, 0.717) is 51.1 Å². The summed E-state index contributed by atoms with van der Waals surface area (Å²) in [5.41, 5.74) is 4.09. The fourth-order valence-corrected chi connectivity index (χ4v) is 5.09. The van der Waals surface area contributed by atoms with Crippen molar-refractivity contribution in [1.82, 2.24) is 10.3 Å². The van der Waals surface area contributed by atoms with Crippen molar-refractivity contribution < 1.29 is 9.59 Å². The van der Waals surface area contributed by atoms with Gasteiger partial charge in [-0.3, -0.25) is 9.59 Å². The van der Waals surface area contributed by atoms with E-state index >= 15 is 0 Å². The second-order valence-corrected chi connectivity index (χ2v) is 10.1. The number of carbonyl (C=O) groups excluding carboxylic acids is 2. The number of hydrogen-bond donors (Lipinski definition) is 2. The van der Waals surface area contributed by atoms with Gasteiger partial charge in [0.1, 0.15) is 5.82 Å². The molecule has 1 unspecified atom stereocenters. The molecule has 4 rings (SSSR count). The number of hydrogen-bond acceptors (Lipinski definition) is 4. The lowest BCUT2D eigenvalue weighted by molar-refractivity contribution is -0.118. The molecule has 2 aromatic rings. The van der Waals surface area contributed by atoms with Crippen molar-refractivity contribution in [2.75, 3.05) is 5.32 Å². The van der Waals surface area contributed by atoms with E-state index in [9.17, 15) is 9.59 Å². The Morgan fingerprint density at radius 1 is 1.16 bits per heavy atom. The first-order valence-corrected chi connectivity index (χ1v) is 11.2. The van der Waals surface area contributed by atoms with Crippen LogP contribution < -0.4 is 10.6 Å². The lowest BCUT2D eigenvalue weighted by Gasteiger charge is -2.39. The van der Waals surface area contributed by atoms with Gasteiger partial charge in [0.15, 0.2) is 5.78 Å². The van der Waals surface area contributed by atoms with Gasteiger partial charge in [-0.25, -0.2) is 4.98 Å². The lowest BCUT2D eigenvalue weighted by atomic mass is 9.68. The highest BCUT2D eigenvalue weighted by atomic mass is 35.5. The van der Waals surface area contributed by atoms with E-state index < -0.39 is 5.92 Å². The number of benzene rings is 1. The van der Waals surface area contributed by atoms with Gasteiger partial charge in [-0.05, 0) is 61.1 Å². The van der Waals surface area contributed by atoms with Gasteiger partial charge in [0, 0.05) is 51.1 Å². The monoisotopic (exact) mass is 469 g/mol. The number of carbonyl (C=O) groups is 2. The van der Waals surface area contributed by atoms with E-state index in [1.807, 2.05) is 19.9 Å². The molecule has 2 N–H and O–H groups in total. The second kappa shape index (κ2) is 8.38. The summed E-state index contributed by atoms with van der Waals surface area (Å²) in [6, 6.07) is 8.83. The van der Waals surface area contributed by atoms with Crippen molar-refractivity contribution >= 4 is 40.7 Å². The molecule has 1 aliphatic heterocycles. The predicted octanol–water partition coefficient (Wildman–Crippen LogP) is 5.94. The van der Waals surface area contributed by atoms with Gasteiger partial charge < -0.3 is 10.6 Å². The molecule has 0 spiro atoms. The zero-order valence-electron chi connectivity index (χ0n) is 18.5. The van der Waals surface area contributed by atoms with Crippen LogP contribution in [-0.4, -0.2) is 16.7 Å². The average Bonchev–Trinajstić information content (AvgIpc) is 2.66. The molecule has 1 aliphatic carbocycles. The topological polar surface area (TPSA) is 71.1 Å². The molecule has 0 saturated carbocycles. The van der Waals surface area contributed by atoms with Crippen LogP contribution in [0.5, 0.6) is 0 Å². The van der Waals surface area contributed by atoms with Crippen molar-refractivity contribution in [3.63, 3.8) is 0 Å². The van der Waals surface area contributed by atoms with E-state index in [-0.39, 0.29) is 17.1 Å². The molecule has 7 heteroatoms. The zero-order valence-corrected chi connectivity index (χ0v) is 20.0. The van der Waals surface area contributed by atoms with Gasteiger partial charge in [0.25, 0.3) is 5.91 Å². The van der Waals surface area contributed by atoms with Gasteiger partial charge in [-0.1, -0.05) is 43.1 Å². The van der Waals surface area contributed by atoms with Crippen LogP contribution in [0.3, 0.4) is 0 Å². The van der Waals surface area contributed by atoms with Crippen LogP contribution in [0.25, 0.3) is 0 Å². The molecule has 1 aromatic carbocycles. The van der Waals surface area contributed by atoms with Gasteiger partial charge in [-0.15, -0.1) is 0 Å². The minimum atomic E-state index is -0.593. The number of anilines is 1. The van der Waals surface area contributed by atoms with Crippen molar-refractivity contribution in [2.24, 2.45) is 5.41 Å². The highest BCUT2D eigenvalue weighted by Crippen LogP contribution is 2.48. The highest BCUT2D eigenvalue weighted by Gasteiger charge is 2.43. The molecule has 1 atom stereocenters. The number of nitrogens with zero attached hydrogens (tertiary/aromatic N) is 1. The normalized spacial score (nSPS) is 20.1. The number of ketones is 1. The maximum Gasteiger partial charge on any atom is 0.255 e. The first-order chi connectivity index (χ1) is 15.1. The van der Waals surface area contributed by atoms with Crippen LogP contribution in [0.2, 0.25) is 10.0 Å². The van der Waals surface area contributed by atoms with Crippen molar-refractivity contribution in [3.8, 4) is 0 Å². The second-order valence-electron chi connectivity index (χ2n) is 9.27. The smallest absolute Gasteiger partial charge is 0.255 e. The number of amides is 1. The Bertz CT molecular complexity index is 1200. The van der Waals surface area contributed by atoms with Crippen molar-refractivity contribution in [3.05, 3.63) is 80.2 Å². The number of nitrogens with one attached hydrogen (secondary N) is 2. The van der Waals surface area contributed by atoms with E-state index in [0.717, 1.165) is 11.3 Å². The van der Waals surface area contributed by atoms with Crippen LogP contribution in [0.15, 0.2) is 59.1 Å². The number of allylic oxidation sites excluding steroid dienone is 3. The quantitative estimate of drug-likeness (QED) is 0.583. The number of Topliss-reactive ketones (excluding diaryl/α,β-unsaturated/α-hetero) is 1. The number of dihydropyridines is 1. The molecule has 5 nitrogen and oxygen atoms in total. The number of aromatic nitrogens is 1. The molecule has 2 aliphatic rings. The average molecular weight is 470 g/mol. The van der Waals surface area contributed by atoms with Crippen LogP contribution in [0, 0.1) is 12.3 Å². The van der Waals surface area contributed by atoms with Crippen LogP contribution in [-0.2, 0) is 9.59 Å². The minimum absolute atomic E-state index is 0.0197. The Labute approximate surface area is 197 Å². The SMILES string of the molecule is CC1=C(C(=O)Nc2cc(C)ccn2)C(c2ccc(Cl)cc2Cl)C2=C(CC(C)(C)CC2=O)N1. The van der Waals surface area contributed by atoms with Gasteiger partial charge in [0.05, 0.1) is 0 Å². The first-order valence-electron chi connectivity index (χ1n) is 10.5. The van der Waals surface area contributed by atoms with E-state index in [1.54, 1.807) is 30.5 Å². The number of aryl methyl sites for hydroxylation is 1. The highest BCUT2D eigenvalue weighted by molar-refractivity contribution is 6.35. The fourth-order valence-electron chi connectivity index (χ4n) is 4.57. The summed E-state index contributed by atoms with van der Waals surface area (Å²) in [6.07, 6.45) is 2.76. The summed E-state index contributed by atoms with van der Waals surface area (Å²) >= 11 is 12.7. The van der Waals surface area contributed by atoms with E-state index in [1.165, 1.54) is 0 Å². The summed E-state index contributed by atoms with van der Waals surface area (Å²) in [4.78, 5) is 31.1. The van der Waals surface area contributed by atoms with Crippen molar-refractivity contribution in [1.29, 1.82) is 0 Å². The first kappa shape index (κ1) is 22.6. The molecular weight excluding hydrogens is 445 g/mol. The maximum atomic E-state index is 13.5. The van der Waals surface area contributed by atoms with E-state index in [4.69, 9.17) is 23.2 Å². The Kier molecular flexibility index (Phi) is 5.91. The number of rotatable bonds is 3. The van der Waals surface area contributed by atoms with Crippen LogP contribution in [0.1, 0.15) is 50.7 Å². The van der Waals surface area contributed by atoms with Crippen LogP contribution in [0.4, 0.5) is 5.82 Å². The largest absolute Gasteiger partial charge is 0.362 e. The van der Waals surface area contributed by atoms with Gasteiger partial charge >= 0.3 is 0 Å². The Morgan fingerprint density at radius 3 is 2.59 bits per heavy atom. The molecule has 0 fully saturated rings. The predicted molar refractivity (Wildman–Crippen MR) is 128 cm³/mol. The molecule has 166 valence electrons. The molecule has 0 radical (unpaired) electrons. The minimum Gasteiger partial charge on any atom is -0.362 e. The molecule has 32 heavy (non-hydrogen) atoms. The Hall–Kier alpha value is -2.63. The summed E-state index contributed by atoms with van der Waals surface area (Å²) in [5.74, 6) is -0.448. The third-order valence-corrected chi connectivity index (χ3v) is 6.48. The lowest BCUT2D eigenvalue weighted by Crippen LogP contribution is -2.39. The van der Waals surface area contributed by atoms with Crippen LogP contribution >= 0.6 is 23.2 Å². The Morgan fingerprint density at radius 2 is 1.91 bits per heavy atom. The maximum absolute atomic E-state index is 13.5. The molecule has 2 heterocycles. The third kappa shape index (κ3) is 4.32. The third-order valence-electron chi connectivity index (χ3n) is 5.91. The zero-order chi connectivity index (χ0) is 23.2. The molecule has 1 amide bonds. The standard InChI is InChI=1S/C25H25Cl2N3O2/c1-13-7-8-28-20(9-13)30-24(32)21-14(2)29-18-11-25(3,4)12-19(31)23(18)22(21)16-6-5-15(26)10-17(16)27/h5-10,22,29H,11-12H2,1-4H3,(H,28,30,32). The van der Waals surface area contributed by atoms with Gasteiger partial charge in [0.2, 0.25) is 0 Å². The number of pyridine rings is 1. The summed E-state index contributed by atoms with van der Waals surface area (Å²) in [6.45, 7) is 7.93. The Balaban J connectivity index is 1.84. The fraction of sp³-hybridized carbons (Fsp3) is 0.320. The molecule has 0 bridgehead atoms.